The number of halogens is 2. The molecule has 5 heteroatoms. The molecule has 0 radical (unpaired) electrons. The Kier molecular flexibility index (Phi) is 10.5. The second-order valence-electron chi connectivity index (χ2n) is 6.01. The van der Waals surface area contributed by atoms with E-state index in [1.165, 1.54) is 17.5 Å². The van der Waals surface area contributed by atoms with E-state index < -0.39 is 11.8 Å². The quantitative estimate of drug-likeness (QED) is 0.792. The van der Waals surface area contributed by atoms with E-state index in [1.54, 1.807) is 6.08 Å². The first-order chi connectivity index (χ1) is 12.1. The summed E-state index contributed by atoms with van der Waals surface area (Å²) in [5.41, 5.74) is 7.78. The molecule has 1 unspecified atom stereocenters. The van der Waals surface area contributed by atoms with Crippen molar-refractivity contribution in [2.75, 3.05) is 0 Å². The number of hydrogen-bond acceptors (Lipinski definition) is 2. The molecular weight excluding hydrogens is 334 g/mol. The van der Waals surface area contributed by atoms with Gasteiger partial charge in [-0.2, -0.15) is 14.0 Å². The van der Waals surface area contributed by atoms with Gasteiger partial charge in [0.1, 0.15) is 0 Å². The molecule has 1 aromatic rings. The fourth-order valence-corrected chi connectivity index (χ4v) is 2.16. The van der Waals surface area contributed by atoms with E-state index in [2.05, 4.69) is 31.4 Å². The normalized spacial score (nSPS) is 15.3. The second-order valence-corrected chi connectivity index (χ2v) is 6.01. The summed E-state index contributed by atoms with van der Waals surface area (Å²) in [6.07, 6.45) is 11.8. The number of nitrogens with zero attached hydrogens (tertiary/aromatic N) is 1. The average Bonchev–Trinajstić information content (AvgIpc) is 2.94. The summed E-state index contributed by atoms with van der Waals surface area (Å²) >= 11 is 0. The first-order valence-electron chi connectivity index (χ1n) is 8.25. The standard InChI is InChI=1S/C11H11N.C7H10.C3H5F2NO/c1-8-4-10-3-2-9(7-12)6-11(10)5-8;1-3-5-7-6-4-2;1-3(4,5)2(6)7/h2-3,6,8H,4-5H2,1H3;3-7H,1H2,2H3;1H3,(H2,6,7)/b;6-4-,7-5-;. The lowest BCUT2D eigenvalue weighted by Crippen LogP contribution is -2.31. The van der Waals surface area contributed by atoms with Crippen LogP contribution in [-0.2, 0) is 17.6 Å². The minimum absolute atomic E-state index is 0.454. The Balaban J connectivity index is 0.000000390. The van der Waals surface area contributed by atoms with Gasteiger partial charge < -0.3 is 5.73 Å². The van der Waals surface area contributed by atoms with Gasteiger partial charge in [0.05, 0.1) is 11.6 Å². The minimum atomic E-state index is -3.36. The third-order valence-corrected chi connectivity index (χ3v) is 3.46. The van der Waals surface area contributed by atoms with E-state index in [9.17, 15) is 13.6 Å². The summed E-state index contributed by atoms with van der Waals surface area (Å²) in [6, 6.07) is 8.21. The summed E-state index contributed by atoms with van der Waals surface area (Å²) in [7, 11) is 0. The molecule has 2 rings (SSSR count). The van der Waals surface area contributed by atoms with Crippen molar-refractivity contribution in [3.05, 3.63) is 71.8 Å². The summed E-state index contributed by atoms with van der Waals surface area (Å²) < 4.78 is 22.7. The number of rotatable bonds is 3. The maximum Gasteiger partial charge on any atom is 0.321 e. The van der Waals surface area contributed by atoms with Gasteiger partial charge in [-0.05, 0) is 48.9 Å². The van der Waals surface area contributed by atoms with Crippen molar-refractivity contribution in [2.45, 2.75) is 39.5 Å². The number of amides is 1. The number of allylic oxidation sites excluding steroid dienone is 5. The van der Waals surface area contributed by atoms with Gasteiger partial charge >= 0.3 is 5.92 Å². The number of primary amides is 1. The van der Waals surface area contributed by atoms with Crippen molar-refractivity contribution < 1.29 is 13.6 Å². The fourth-order valence-electron chi connectivity index (χ4n) is 2.16. The van der Waals surface area contributed by atoms with Gasteiger partial charge in [0, 0.05) is 6.92 Å². The van der Waals surface area contributed by atoms with Gasteiger partial charge in [0.2, 0.25) is 0 Å². The minimum Gasteiger partial charge on any atom is -0.364 e. The van der Waals surface area contributed by atoms with Gasteiger partial charge in [0.15, 0.2) is 0 Å². The van der Waals surface area contributed by atoms with Crippen LogP contribution in [0.2, 0.25) is 0 Å². The predicted molar refractivity (Wildman–Crippen MR) is 102 cm³/mol. The average molecular weight is 360 g/mol. The molecule has 0 heterocycles. The van der Waals surface area contributed by atoms with E-state index in [-0.39, 0.29) is 0 Å². The third kappa shape index (κ3) is 9.53. The Morgan fingerprint density at radius 1 is 1.31 bits per heavy atom. The van der Waals surface area contributed by atoms with Crippen molar-refractivity contribution in [2.24, 2.45) is 11.7 Å². The van der Waals surface area contributed by atoms with Gasteiger partial charge in [-0.3, -0.25) is 4.79 Å². The molecule has 0 aromatic heterocycles. The Labute approximate surface area is 154 Å². The summed E-state index contributed by atoms with van der Waals surface area (Å²) in [4.78, 5) is 9.49. The number of carbonyl (C=O) groups is 1. The smallest absolute Gasteiger partial charge is 0.321 e. The number of hydrogen-bond donors (Lipinski definition) is 1. The molecule has 0 spiro atoms. The Morgan fingerprint density at radius 3 is 2.35 bits per heavy atom. The highest BCUT2D eigenvalue weighted by atomic mass is 19.3. The van der Waals surface area contributed by atoms with Crippen molar-refractivity contribution in [3.63, 3.8) is 0 Å². The molecule has 26 heavy (non-hydrogen) atoms. The third-order valence-electron chi connectivity index (χ3n) is 3.46. The monoisotopic (exact) mass is 360 g/mol. The van der Waals surface area contributed by atoms with Crippen LogP contribution in [0.1, 0.15) is 37.5 Å². The van der Waals surface area contributed by atoms with E-state index in [0.29, 0.717) is 6.92 Å². The number of benzene rings is 1. The summed E-state index contributed by atoms with van der Waals surface area (Å²) in [5.74, 6) is -4.19. The Bertz CT molecular complexity index is 695. The van der Waals surface area contributed by atoms with Crippen LogP contribution in [-0.4, -0.2) is 11.8 Å². The highest BCUT2D eigenvalue weighted by Crippen LogP contribution is 2.26. The zero-order valence-electron chi connectivity index (χ0n) is 15.5. The molecule has 1 aliphatic rings. The van der Waals surface area contributed by atoms with Crippen molar-refractivity contribution in [1.29, 1.82) is 5.26 Å². The lowest BCUT2D eigenvalue weighted by atomic mass is 10.1. The van der Waals surface area contributed by atoms with Crippen LogP contribution < -0.4 is 5.73 Å². The first kappa shape index (κ1) is 23.3. The number of carbonyl (C=O) groups excluding carboxylic acids is 1. The maximum atomic E-state index is 11.4. The van der Waals surface area contributed by atoms with Crippen LogP contribution in [0.3, 0.4) is 0 Å². The van der Waals surface area contributed by atoms with Crippen molar-refractivity contribution in [3.8, 4) is 6.07 Å². The zero-order valence-corrected chi connectivity index (χ0v) is 15.5. The zero-order chi connectivity index (χ0) is 20.2. The van der Waals surface area contributed by atoms with E-state index >= 15 is 0 Å². The van der Waals surface area contributed by atoms with Gasteiger partial charge in [0.25, 0.3) is 5.91 Å². The van der Waals surface area contributed by atoms with Crippen LogP contribution in [0.15, 0.2) is 55.2 Å². The van der Waals surface area contributed by atoms with Gasteiger partial charge in [-0.25, -0.2) is 0 Å². The molecular formula is C21H26F2N2O. The highest BCUT2D eigenvalue weighted by Gasteiger charge is 2.28. The number of nitriles is 1. The number of fused-ring (bicyclic) bond motifs is 1. The predicted octanol–water partition coefficient (Wildman–Crippen LogP) is 4.72. The molecule has 2 N–H and O–H groups in total. The van der Waals surface area contributed by atoms with Crippen LogP contribution in [0.5, 0.6) is 0 Å². The Morgan fingerprint density at radius 2 is 1.88 bits per heavy atom. The molecule has 1 aromatic carbocycles. The number of alkyl halides is 2. The van der Waals surface area contributed by atoms with Crippen molar-refractivity contribution in [1.82, 2.24) is 0 Å². The Hall–Kier alpha value is -2.74. The summed E-state index contributed by atoms with van der Waals surface area (Å²) in [6.45, 7) is 8.20. The lowest BCUT2D eigenvalue weighted by molar-refractivity contribution is -0.139. The molecule has 3 nitrogen and oxygen atoms in total. The van der Waals surface area contributed by atoms with E-state index in [0.717, 1.165) is 17.9 Å². The SMILES string of the molecule is C=C/C=C\C=C/C.CC(F)(F)C(N)=O.CC1Cc2ccc(C#N)cc2C1. The number of nitrogens with two attached hydrogens (primary N) is 1. The van der Waals surface area contributed by atoms with E-state index in [1.807, 2.05) is 43.4 Å². The van der Waals surface area contributed by atoms with Crippen LogP contribution in [0, 0.1) is 17.2 Å². The van der Waals surface area contributed by atoms with E-state index in [4.69, 9.17) is 5.26 Å². The van der Waals surface area contributed by atoms with Gasteiger partial charge in [-0.1, -0.05) is 49.9 Å². The highest BCUT2D eigenvalue weighted by molar-refractivity contribution is 5.80. The van der Waals surface area contributed by atoms with Crippen molar-refractivity contribution >= 4 is 5.91 Å². The van der Waals surface area contributed by atoms with Gasteiger partial charge in [-0.15, -0.1) is 0 Å². The molecule has 0 fully saturated rings. The molecule has 0 bridgehead atoms. The molecule has 1 amide bonds. The molecule has 0 saturated heterocycles. The molecule has 0 saturated carbocycles. The largest absolute Gasteiger partial charge is 0.364 e. The molecule has 1 atom stereocenters. The maximum absolute atomic E-state index is 11.4. The second kappa shape index (κ2) is 11.8. The summed E-state index contributed by atoms with van der Waals surface area (Å²) in [5, 5.41) is 8.68. The molecule has 140 valence electrons. The van der Waals surface area contributed by atoms with Crippen LogP contribution in [0.4, 0.5) is 8.78 Å². The first-order valence-corrected chi connectivity index (χ1v) is 8.25. The van der Waals surface area contributed by atoms with Crippen LogP contribution in [0.25, 0.3) is 0 Å². The lowest BCUT2D eigenvalue weighted by Gasteiger charge is -2.00. The van der Waals surface area contributed by atoms with Crippen LogP contribution >= 0.6 is 0 Å². The topological polar surface area (TPSA) is 66.9 Å². The fraction of sp³-hybridized carbons (Fsp3) is 0.333. The molecule has 0 aliphatic heterocycles. The molecule has 1 aliphatic carbocycles.